The number of hydrogen-bond acceptors (Lipinski definition) is 6. The van der Waals surface area contributed by atoms with Crippen LogP contribution in [-0.2, 0) is 9.53 Å². The number of hydrogen-bond donors (Lipinski definition) is 1. The van der Waals surface area contributed by atoms with E-state index < -0.39 is 0 Å². The van der Waals surface area contributed by atoms with Gasteiger partial charge in [0.2, 0.25) is 0 Å². The summed E-state index contributed by atoms with van der Waals surface area (Å²) in [6.45, 7) is 7.63. The molecule has 1 saturated heterocycles. The fraction of sp³-hybridized carbons (Fsp3) is 0.476. The second-order valence-corrected chi connectivity index (χ2v) is 7.80. The first-order valence-corrected chi connectivity index (χ1v) is 9.41. The van der Waals surface area contributed by atoms with Crippen LogP contribution in [0.3, 0.4) is 0 Å². The highest BCUT2D eigenvalue weighted by Crippen LogP contribution is 2.37. The summed E-state index contributed by atoms with van der Waals surface area (Å²) in [5.74, 6) is 0.856. The van der Waals surface area contributed by atoms with Gasteiger partial charge in [-0.3, -0.25) is 9.78 Å². The summed E-state index contributed by atoms with van der Waals surface area (Å²) < 4.78 is 5.24. The standard InChI is InChI=1S/C21H27N3O3/c1-15(2)27-20(26)8-9-21(3)10-11-24(14-21)19-13-22-12-17(23-19)16-6-4-5-7-18(16)25/h4-7,12-13,15,25H,8-11,14H2,1-3H3/t21-/m1/s1. The molecule has 0 aliphatic carbocycles. The fourth-order valence-corrected chi connectivity index (χ4v) is 3.48. The Kier molecular flexibility index (Phi) is 5.63. The Bertz CT molecular complexity index is 809. The van der Waals surface area contributed by atoms with Crippen molar-refractivity contribution in [1.82, 2.24) is 9.97 Å². The maximum absolute atomic E-state index is 11.9. The van der Waals surface area contributed by atoms with E-state index in [0.717, 1.165) is 31.7 Å². The van der Waals surface area contributed by atoms with E-state index in [-0.39, 0.29) is 23.2 Å². The van der Waals surface area contributed by atoms with Crippen molar-refractivity contribution >= 4 is 11.8 Å². The number of phenolic OH excluding ortho intramolecular Hbond substituents is 1. The van der Waals surface area contributed by atoms with Crippen molar-refractivity contribution in [2.75, 3.05) is 18.0 Å². The zero-order valence-corrected chi connectivity index (χ0v) is 16.2. The molecule has 144 valence electrons. The van der Waals surface area contributed by atoms with E-state index >= 15 is 0 Å². The third-order valence-electron chi connectivity index (χ3n) is 4.98. The third kappa shape index (κ3) is 4.76. The summed E-state index contributed by atoms with van der Waals surface area (Å²) in [5, 5.41) is 10.1. The van der Waals surface area contributed by atoms with E-state index in [1.54, 1.807) is 24.5 Å². The van der Waals surface area contributed by atoms with E-state index in [2.05, 4.69) is 16.8 Å². The first kappa shape index (κ1) is 19.1. The number of anilines is 1. The number of phenols is 1. The van der Waals surface area contributed by atoms with Crippen LogP contribution in [0.25, 0.3) is 11.3 Å². The van der Waals surface area contributed by atoms with Crippen LogP contribution in [0.1, 0.15) is 40.0 Å². The van der Waals surface area contributed by atoms with Gasteiger partial charge in [-0.15, -0.1) is 0 Å². The minimum atomic E-state index is -0.133. The van der Waals surface area contributed by atoms with Crippen molar-refractivity contribution in [2.45, 2.75) is 46.1 Å². The molecule has 1 aliphatic rings. The quantitative estimate of drug-likeness (QED) is 0.781. The van der Waals surface area contributed by atoms with Crippen molar-refractivity contribution in [3.8, 4) is 17.0 Å². The number of esters is 1. The predicted octanol–water partition coefficient (Wildman–Crippen LogP) is 3.80. The summed E-state index contributed by atoms with van der Waals surface area (Å²) in [6, 6.07) is 7.13. The number of aromatic hydroxyl groups is 1. The van der Waals surface area contributed by atoms with Crippen LogP contribution in [0, 0.1) is 5.41 Å². The molecule has 1 atom stereocenters. The first-order chi connectivity index (χ1) is 12.9. The van der Waals surface area contributed by atoms with Crippen LogP contribution in [0.15, 0.2) is 36.7 Å². The number of aromatic nitrogens is 2. The Morgan fingerprint density at radius 2 is 2.11 bits per heavy atom. The van der Waals surface area contributed by atoms with Gasteiger partial charge < -0.3 is 14.7 Å². The summed E-state index contributed by atoms with van der Waals surface area (Å²) in [4.78, 5) is 23.1. The van der Waals surface area contributed by atoms with Gasteiger partial charge in [-0.25, -0.2) is 4.98 Å². The molecule has 0 spiro atoms. The molecule has 1 N–H and O–H groups in total. The lowest BCUT2D eigenvalue weighted by molar-refractivity contribution is -0.148. The molecule has 2 heterocycles. The largest absolute Gasteiger partial charge is 0.507 e. The van der Waals surface area contributed by atoms with Crippen molar-refractivity contribution in [3.63, 3.8) is 0 Å². The van der Waals surface area contributed by atoms with Gasteiger partial charge in [0.05, 0.1) is 24.2 Å². The number of carbonyl (C=O) groups is 1. The van der Waals surface area contributed by atoms with Gasteiger partial charge in [0.25, 0.3) is 0 Å². The summed E-state index contributed by atoms with van der Waals surface area (Å²) in [7, 11) is 0. The molecule has 6 nitrogen and oxygen atoms in total. The lowest BCUT2D eigenvalue weighted by atomic mass is 9.85. The van der Waals surface area contributed by atoms with Crippen LogP contribution < -0.4 is 4.90 Å². The Morgan fingerprint density at radius 1 is 1.33 bits per heavy atom. The van der Waals surface area contributed by atoms with E-state index in [9.17, 15) is 9.90 Å². The van der Waals surface area contributed by atoms with Crippen LogP contribution in [0.4, 0.5) is 5.82 Å². The Labute approximate surface area is 160 Å². The molecule has 0 unspecified atom stereocenters. The van der Waals surface area contributed by atoms with Gasteiger partial charge in [0, 0.05) is 25.1 Å². The number of ether oxygens (including phenoxy) is 1. The minimum absolute atomic E-state index is 0.0442. The van der Waals surface area contributed by atoms with Crippen LogP contribution in [0.5, 0.6) is 5.75 Å². The predicted molar refractivity (Wildman–Crippen MR) is 105 cm³/mol. The van der Waals surface area contributed by atoms with Crippen LogP contribution in [-0.4, -0.2) is 40.2 Å². The van der Waals surface area contributed by atoms with Crippen molar-refractivity contribution in [1.29, 1.82) is 0 Å². The smallest absolute Gasteiger partial charge is 0.306 e. The van der Waals surface area contributed by atoms with Gasteiger partial charge in [-0.05, 0) is 44.2 Å². The molecule has 1 aromatic heterocycles. The summed E-state index contributed by atoms with van der Waals surface area (Å²) >= 11 is 0. The van der Waals surface area contributed by atoms with Crippen LogP contribution in [0.2, 0.25) is 0 Å². The fourth-order valence-electron chi connectivity index (χ4n) is 3.48. The summed E-state index contributed by atoms with van der Waals surface area (Å²) in [5.41, 5.74) is 1.37. The molecule has 2 aromatic rings. The molecule has 1 aromatic carbocycles. The van der Waals surface area contributed by atoms with Gasteiger partial charge in [-0.2, -0.15) is 0 Å². The van der Waals surface area contributed by atoms with E-state index in [0.29, 0.717) is 17.7 Å². The molecule has 0 saturated carbocycles. The second kappa shape index (κ2) is 7.94. The third-order valence-corrected chi connectivity index (χ3v) is 4.98. The SMILES string of the molecule is CC(C)OC(=O)CC[C@]1(C)CCN(c2cncc(-c3ccccc3O)n2)C1. The second-order valence-electron chi connectivity index (χ2n) is 7.80. The lowest BCUT2D eigenvalue weighted by Gasteiger charge is -2.25. The zero-order valence-electron chi connectivity index (χ0n) is 16.2. The molecule has 0 radical (unpaired) electrons. The molecule has 0 amide bonds. The molecule has 1 fully saturated rings. The van der Waals surface area contributed by atoms with Crippen molar-refractivity contribution in [2.24, 2.45) is 5.41 Å². The molecular formula is C21H27N3O3. The Balaban J connectivity index is 1.67. The van der Waals surface area contributed by atoms with Gasteiger partial charge in [0.1, 0.15) is 11.6 Å². The number of benzene rings is 1. The van der Waals surface area contributed by atoms with Crippen molar-refractivity contribution in [3.05, 3.63) is 36.7 Å². The Morgan fingerprint density at radius 3 is 2.85 bits per heavy atom. The number of para-hydroxylation sites is 1. The molecular weight excluding hydrogens is 342 g/mol. The number of carbonyl (C=O) groups excluding carboxylic acids is 1. The number of rotatable bonds is 6. The first-order valence-electron chi connectivity index (χ1n) is 9.41. The highest BCUT2D eigenvalue weighted by Gasteiger charge is 2.35. The number of nitrogens with zero attached hydrogens (tertiary/aromatic N) is 3. The van der Waals surface area contributed by atoms with E-state index in [1.807, 2.05) is 26.0 Å². The maximum atomic E-state index is 11.9. The van der Waals surface area contributed by atoms with E-state index in [1.165, 1.54) is 0 Å². The maximum Gasteiger partial charge on any atom is 0.306 e. The lowest BCUT2D eigenvalue weighted by Crippen LogP contribution is -2.26. The summed E-state index contributed by atoms with van der Waals surface area (Å²) in [6.07, 6.45) is 5.56. The monoisotopic (exact) mass is 369 g/mol. The van der Waals surface area contributed by atoms with E-state index in [4.69, 9.17) is 9.72 Å². The molecule has 1 aliphatic heterocycles. The van der Waals surface area contributed by atoms with Gasteiger partial charge in [0.15, 0.2) is 0 Å². The zero-order chi connectivity index (χ0) is 19.4. The highest BCUT2D eigenvalue weighted by molar-refractivity contribution is 5.69. The molecule has 0 bridgehead atoms. The topological polar surface area (TPSA) is 75.5 Å². The average molecular weight is 369 g/mol. The molecule has 6 heteroatoms. The van der Waals surface area contributed by atoms with Gasteiger partial charge in [-0.1, -0.05) is 19.1 Å². The average Bonchev–Trinajstić information content (AvgIpc) is 3.03. The van der Waals surface area contributed by atoms with Crippen LogP contribution >= 0.6 is 0 Å². The van der Waals surface area contributed by atoms with Gasteiger partial charge >= 0.3 is 5.97 Å². The normalized spacial score (nSPS) is 19.5. The Hall–Kier alpha value is -2.63. The molecule has 27 heavy (non-hydrogen) atoms. The highest BCUT2D eigenvalue weighted by atomic mass is 16.5. The minimum Gasteiger partial charge on any atom is -0.507 e. The molecule has 3 rings (SSSR count). The van der Waals surface area contributed by atoms with Crippen molar-refractivity contribution < 1.29 is 14.6 Å².